The number of rotatable bonds is 5. The van der Waals surface area contributed by atoms with Crippen molar-refractivity contribution in [1.82, 2.24) is 24.9 Å². The molecule has 1 saturated heterocycles. The van der Waals surface area contributed by atoms with Gasteiger partial charge < -0.3 is 11.1 Å². The van der Waals surface area contributed by atoms with Crippen molar-refractivity contribution >= 4 is 21.3 Å². The van der Waals surface area contributed by atoms with Crippen LogP contribution in [0.15, 0.2) is 54.9 Å². The van der Waals surface area contributed by atoms with Crippen LogP contribution < -0.4 is 11.1 Å². The molecule has 1 aliphatic heterocycles. The van der Waals surface area contributed by atoms with Gasteiger partial charge in [0.15, 0.2) is 5.65 Å². The quantitative estimate of drug-likeness (QED) is 0.468. The number of pyridine rings is 1. The first kappa shape index (κ1) is 21.5. The number of benzene rings is 1. The van der Waals surface area contributed by atoms with E-state index in [1.54, 1.807) is 10.7 Å². The van der Waals surface area contributed by atoms with Gasteiger partial charge in [-0.2, -0.15) is 9.61 Å². The summed E-state index contributed by atoms with van der Waals surface area (Å²) in [4.78, 5) is 9.64. The molecule has 0 aliphatic carbocycles. The predicted octanol–water partition coefficient (Wildman–Crippen LogP) is 3.05. The Morgan fingerprint density at radius 2 is 1.82 bits per heavy atom. The predicted molar refractivity (Wildman–Crippen MR) is 129 cm³/mol. The van der Waals surface area contributed by atoms with E-state index in [0.717, 1.165) is 33.6 Å². The normalized spacial score (nSPS) is 16.3. The van der Waals surface area contributed by atoms with E-state index in [2.05, 4.69) is 15.4 Å². The van der Waals surface area contributed by atoms with Crippen LogP contribution >= 0.6 is 0 Å². The van der Waals surface area contributed by atoms with Gasteiger partial charge in [-0.25, -0.2) is 13.4 Å². The second kappa shape index (κ2) is 8.57. The SMILES string of the molecule is CNCc1c(C2CCS(=O)(=O)CC2)nc2c(-c3ccc(-c4ccccc4)nc3)cnn2c1N. The third-order valence-electron chi connectivity index (χ3n) is 6.26. The van der Waals surface area contributed by atoms with Gasteiger partial charge in [0.05, 0.1) is 29.1 Å². The highest BCUT2D eigenvalue weighted by molar-refractivity contribution is 7.91. The molecule has 170 valence electrons. The van der Waals surface area contributed by atoms with Crippen molar-refractivity contribution in [3.63, 3.8) is 0 Å². The maximum atomic E-state index is 12.0. The van der Waals surface area contributed by atoms with Crippen LogP contribution in [-0.2, 0) is 16.4 Å². The molecule has 4 heterocycles. The summed E-state index contributed by atoms with van der Waals surface area (Å²) >= 11 is 0. The highest BCUT2D eigenvalue weighted by Crippen LogP contribution is 2.35. The van der Waals surface area contributed by atoms with E-state index in [1.807, 2.05) is 55.7 Å². The minimum atomic E-state index is -2.97. The Morgan fingerprint density at radius 1 is 1.06 bits per heavy atom. The summed E-state index contributed by atoms with van der Waals surface area (Å²) in [6.07, 6.45) is 4.69. The van der Waals surface area contributed by atoms with Gasteiger partial charge in [0.25, 0.3) is 0 Å². The number of anilines is 1. The van der Waals surface area contributed by atoms with Crippen LogP contribution in [0.5, 0.6) is 0 Å². The topological polar surface area (TPSA) is 115 Å². The molecule has 8 nitrogen and oxygen atoms in total. The van der Waals surface area contributed by atoms with Crippen molar-refractivity contribution in [1.29, 1.82) is 0 Å². The second-order valence-corrected chi connectivity index (χ2v) is 10.7. The summed E-state index contributed by atoms with van der Waals surface area (Å²) in [6, 6.07) is 14.0. The lowest BCUT2D eigenvalue weighted by atomic mass is 9.94. The Kier molecular flexibility index (Phi) is 5.59. The molecule has 1 fully saturated rings. The van der Waals surface area contributed by atoms with Crippen LogP contribution in [0, 0.1) is 0 Å². The van der Waals surface area contributed by atoms with Crippen LogP contribution in [0.3, 0.4) is 0 Å². The van der Waals surface area contributed by atoms with Crippen molar-refractivity contribution < 1.29 is 8.42 Å². The Bertz CT molecular complexity index is 1380. The Balaban J connectivity index is 1.58. The van der Waals surface area contributed by atoms with Crippen molar-refractivity contribution in [3.05, 3.63) is 66.1 Å². The number of sulfone groups is 1. The number of nitrogens with two attached hydrogens (primary N) is 1. The molecular formula is C24H26N6O2S. The third-order valence-corrected chi connectivity index (χ3v) is 7.97. The van der Waals surface area contributed by atoms with E-state index in [1.165, 1.54) is 0 Å². The van der Waals surface area contributed by atoms with Gasteiger partial charge in [0.1, 0.15) is 15.7 Å². The molecule has 0 amide bonds. The van der Waals surface area contributed by atoms with Gasteiger partial charge in [0.2, 0.25) is 0 Å². The molecule has 4 aromatic rings. The number of nitrogens with zero attached hydrogens (tertiary/aromatic N) is 4. The summed E-state index contributed by atoms with van der Waals surface area (Å²) in [5.74, 6) is 0.935. The van der Waals surface area contributed by atoms with Crippen molar-refractivity contribution in [2.24, 2.45) is 0 Å². The highest BCUT2D eigenvalue weighted by atomic mass is 32.2. The van der Waals surface area contributed by atoms with E-state index in [4.69, 9.17) is 10.7 Å². The molecular weight excluding hydrogens is 436 g/mol. The van der Waals surface area contributed by atoms with Crippen LogP contribution in [0.4, 0.5) is 5.82 Å². The lowest BCUT2D eigenvalue weighted by Gasteiger charge is -2.24. The lowest BCUT2D eigenvalue weighted by Crippen LogP contribution is -2.25. The number of nitrogens with one attached hydrogen (secondary N) is 1. The number of fused-ring (bicyclic) bond motifs is 1. The van der Waals surface area contributed by atoms with Crippen LogP contribution in [0.2, 0.25) is 0 Å². The van der Waals surface area contributed by atoms with Gasteiger partial charge in [-0.3, -0.25) is 4.98 Å². The van der Waals surface area contributed by atoms with Crippen molar-refractivity contribution in [2.45, 2.75) is 25.3 Å². The fraction of sp³-hybridized carbons (Fsp3) is 0.292. The van der Waals surface area contributed by atoms with Gasteiger partial charge in [-0.05, 0) is 26.0 Å². The van der Waals surface area contributed by atoms with Crippen molar-refractivity contribution in [3.8, 4) is 22.4 Å². The van der Waals surface area contributed by atoms with E-state index in [0.29, 0.717) is 30.9 Å². The van der Waals surface area contributed by atoms with Gasteiger partial charge in [-0.15, -0.1) is 0 Å². The second-order valence-electron chi connectivity index (χ2n) is 8.41. The zero-order chi connectivity index (χ0) is 23.0. The summed E-state index contributed by atoms with van der Waals surface area (Å²) < 4.78 is 25.6. The average molecular weight is 463 g/mol. The number of nitrogen functional groups attached to an aromatic ring is 1. The van der Waals surface area contributed by atoms with E-state index < -0.39 is 9.84 Å². The maximum absolute atomic E-state index is 12.0. The largest absolute Gasteiger partial charge is 0.383 e. The summed E-state index contributed by atoms with van der Waals surface area (Å²) in [5, 5.41) is 7.66. The molecule has 9 heteroatoms. The molecule has 1 aliphatic rings. The Morgan fingerprint density at radius 3 is 2.48 bits per heavy atom. The minimum absolute atomic E-state index is 0.0468. The number of hydrogen-bond donors (Lipinski definition) is 2. The van der Waals surface area contributed by atoms with Crippen molar-refractivity contribution in [2.75, 3.05) is 24.3 Å². The highest BCUT2D eigenvalue weighted by Gasteiger charge is 2.29. The number of aromatic nitrogens is 4. The summed E-state index contributed by atoms with van der Waals surface area (Å²) in [5.41, 5.74) is 12.6. The molecule has 0 bridgehead atoms. The Labute approximate surface area is 192 Å². The van der Waals surface area contributed by atoms with E-state index >= 15 is 0 Å². The zero-order valence-electron chi connectivity index (χ0n) is 18.4. The smallest absolute Gasteiger partial charge is 0.165 e. The molecule has 1 aromatic carbocycles. The summed E-state index contributed by atoms with van der Waals surface area (Å²) in [7, 11) is -1.11. The lowest BCUT2D eigenvalue weighted by molar-refractivity contribution is 0.541. The first-order chi connectivity index (χ1) is 16.0. The molecule has 0 atom stereocenters. The maximum Gasteiger partial charge on any atom is 0.165 e. The zero-order valence-corrected chi connectivity index (χ0v) is 19.2. The van der Waals surface area contributed by atoms with Crippen LogP contribution in [0.25, 0.3) is 28.0 Å². The monoisotopic (exact) mass is 462 g/mol. The third kappa shape index (κ3) is 4.09. The first-order valence-electron chi connectivity index (χ1n) is 11.0. The van der Waals surface area contributed by atoms with Gasteiger partial charge in [0, 0.05) is 40.9 Å². The molecule has 3 aromatic heterocycles. The molecule has 0 saturated carbocycles. The molecule has 0 radical (unpaired) electrons. The van der Waals surface area contributed by atoms with E-state index in [-0.39, 0.29) is 17.4 Å². The summed E-state index contributed by atoms with van der Waals surface area (Å²) in [6.45, 7) is 0.538. The molecule has 0 unspecified atom stereocenters. The van der Waals surface area contributed by atoms with Gasteiger partial charge in [-0.1, -0.05) is 36.4 Å². The average Bonchev–Trinajstić information content (AvgIpc) is 3.26. The molecule has 5 rings (SSSR count). The standard InChI is InChI=1S/C24H26N6O2S/c1-26-14-20-22(17-9-11-33(31,32)12-10-17)29-24-19(15-28-30(24)23(20)25)18-7-8-21(27-13-18)16-5-3-2-4-6-16/h2-8,13,15,17,26H,9-12,14,25H2,1H3. The minimum Gasteiger partial charge on any atom is -0.383 e. The molecule has 33 heavy (non-hydrogen) atoms. The fourth-order valence-electron chi connectivity index (χ4n) is 4.46. The Hall–Kier alpha value is -3.30. The van der Waals surface area contributed by atoms with Crippen LogP contribution in [-0.4, -0.2) is 46.6 Å². The first-order valence-corrected chi connectivity index (χ1v) is 12.8. The number of hydrogen-bond acceptors (Lipinski definition) is 7. The fourth-order valence-corrected chi connectivity index (χ4v) is 5.95. The molecule has 3 N–H and O–H groups in total. The molecule has 0 spiro atoms. The van der Waals surface area contributed by atoms with E-state index in [9.17, 15) is 8.42 Å². The van der Waals surface area contributed by atoms with Crippen LogP contribution in [0.1, 0.15) is 30.0 Å². The van der Waals surface area contributed by atoms with Gasteiger partial charge >= 0.3 is 0 Å².